The second-order valence-electron chi connectivity index (χ2n) is 7.84. The van der Waals surface area contributed by atoms with Gasteiger partial charge in [0, 0.05) is 44.0 Å². The predicted octanol–water partition coefficient (Wildman–Crippen LogP) is 3.46. The molecule has 0 bridgehead atoms. The Morgan fingerprint density at radius 1 is 1.18 bits per heavy atom. The Hall–Kier alpha value is -3.56. The fraction of sp³-hybridized carbons (Fsp3) is 0.273. The Bertz CT molecular complexity index is 1320. The van der Waals surface area contributed by atoms with Gasteiger partial charge in [0.15, 0.2) is 5.03 Å². The van der Waals surface area contributed by atoms with Crippen molar-refractivity contribution in [3.8, 4) is 11.8 Å². The number of sulfonamides is 1. The highest BCUT2D eigenvalue weighted by molar-refractivity contribution is 7.89. The van der Waals surface area contributed by atoms with Crippen molar-refractivity contribution in [3.05, 3.63) is 72.2 Å². The predicted molar refractivity (Wildman–Crippen MR) is 116 cm³/mol. The van der Waals surface area contributed by atoms with Gasteiger partial charge < -0.3 is 14.6 Å². The van der Waals surface area contributed by atoms with E-state index in [1.165, 1.54) is 29.0 Å². The van der Waals surface area contributed by atoms with Gasteiger partial charge in [0.25, 0.3) is 10.0 Å². The lowest BCUT2D eigenvalue weighted by Gasteiger charge is -2.22. The van der Waals surface area contributed by atoms with Crippen LogP contribution in [-0.4, -0.2) is 47.8 Å². The number of nitriles is 1. The number of benzene rings is 2. The minimum absolute atomic E-state index is 0.0668. The largest absolute Gasteiger partial charge is 0.573 e. The standard InChI is InChI=1S/C22H20F3N5O3S/c1-29-13-21(27-14-29)34(31,32)30-11-18(15-5-3-2-4-6-15)19(12-30)28-17-7-8-20(16(9-17)10-26)33-22(23,24)25/h2-9,13-14,18-19,28H,11-12H2,1H3/t18-,19+/m0/s1. The molecule has 3 aromatic rings. The van der Waals surface area contributed by atoms with E-state index in [-0.39, 0.29) is 29.6 Å². The Morgan fingerprint density at radius 2 is 1.91 bits per heavy atom. The molecule has 8 nitrogen and oxygen atoms in total. The van der Waals surface area contributed by atoms with E-state index in [4.69, 9.17) is 0 Å². The van der Waals surface area contributed by atoms with Crippen LogP contribution in [0.5, 0.6) is 5.75 Å². The van der Waals surface area contributed by atoms with Crippen LogP contribution in [0.3, 0.4) is 0 Å². The molecule has 1 aliphatic heterocycles. The molecule has 0 aliphatic carbocycles. The SMILES string of the molecule is Cn1cnc(S(=O)(=O)N2C[C@@H](Nc3ccc(OC(F)(F)F)c(C#N)c3)[C@H](c3ccccc3)C2)c1. The van der Waals surface area contributed by atoms with Gasteiger partial charge in [0.1, 0.15) is 11.8 Å². The van der Waals surface area contributed by atoms with E-state index < -0.39 is 28.2 Å². The third-order valence-corrected chi connectivity index (χ3v) is 7.19. The molecule has 0 saturated carbocycles. The second-order valence-corrected chi connectivity index (χ2v) is 9.72. The molecule has 1 aliphatic rings. The van der Waals surface area contributed by atoms with E-state index in [0.717, 1.165) is 11.6 Å². The molecule has 0 radical (unpaired) electrons. The average Bonchev–Trinajstić information content (AvgIpc) is 3.42. The number of hydrogen-bond acceptors (Lipinski definition) is 6. The number of hydrogen-bond donors (Lipinski definition) is 1. The maximum atomic E-state index is 13.2. The first kappa shape index (κ1) is 23.6. The van der Waals surface area contributed by atoms with Gasteiger partial charge in [-0.3, -0.25) is 0 Å². The third kappa shape index (κ3) is 5.00. The molecule has 1 N–H and O–H groups in total. The van der Waals surface area contributed by atoms with Gasteiger partial charge in [-0.05, 0) is 23.8 Å². The van der Waals surface area contributed by atoms with Crippen molar-refractivity contribution in [2.75, 3.05) is 18.4 Å². The molecule has 12 heteroatoms. The normalized spacial score (nSPS) is 19.0. The first-order valence-electron chi connectivity index (χ1n) is 10.2. The lowest BCUT2D eigenvalue weighted by atomic mass is 9.94. The van der Waals surface area contributed by atoms with E-state index in [1.807, 2.05) is 30.3 Å². The molecule has 1 saturated heterocycles. The maximum absolute atomic E-state index is 13.2. The smallest absolute Gasteiger partial charge is 0.404 e. The maximum Gasteiger partial charge on any atom is 0.573 e. The van der Waals surface area contributed by atoms with Crippen molar-refractivity contribution < 1.29 is 26.3 Å². The molecule has 1 aromatic heterocycles. The first-order valence-corrected chi connectivity index (χ1v) is 11.6. The zero-order valence-electron chi connectivity index (χ0n) is 17.9. The van der Waals surface area contributed by atoms with Gasteiger partial charge in [0.05, 0.1) is 11.9 Å². The Kier molecular flexibility index (Phi) is 6.24. The van der Waals surface area contributed by atoms with E-state index >= 15 is 0 Å². The minimum Gasteiger partial charge on any atom is -0.404 e. The molecule has 0 spiro atoms. The molecule has 2 heterocycles. The summed E-state index contributed by atoms with van der Waals surface area (Å²) in [7, 11) is -2.19. The highest BCUT2D eigenvalue weighted by Crippen LogP contribution is 2.34. The second kappa shape index (κ2) is 9.00. The number of rotatable bonds is 6. The van der Waals surface area contributed by atoms with Crippen LogP contribution in [0.1, 0.15) is 17.0 Å². The van der Waals surface area contributed by atoms with Crippen molar-refractivity contribution in [3.63, 3.8) is 0 Å². The number of aryl methyl sites for hydroxylation is 1. The van der Waals surface area contributed by atoms with Gasteiger partial charge in [-0.15, -0.1) is 13.2 Å². The Morgan fingerprint density at radius 3 is 2.53 bits per heavy atom. The summed E-state index contributed by atoms with van der Waals surface area (Å²) in [6.45, 7) is 0.280. The molecule has 2 atom stereocenters. The van der Waals surface area contributed by atoms with Gasteiger partial charge >= 0.3 is 6.36 Å². The third-order valence-electron chi connectivity index (χ3n) is 5.48. The fourth-order valence-electron chi connectivity index (χ4n) is 3.94. The van der Waals surface area contributed by atoms with Crippen molar-refractivity contribution in [1.29, 1.82) is 5.26 Å². The fourth-order valence-corrected chi connectivity index (χ4v) is 5.40. The lowest BCUT2D eigenvalue weighted by Crippen LogP contribution is -2.32. The summed E-state index contributed by atoms with van der Waals surface area (Å²) in [5.41, 5.74) is 0.972. The average molecular weight is 491 g/mol. The van der Waals surface area contributed by atoms with Crippen LogP contribution in [0.25, 0.3) is 0 Å². The van der Waals surface area contributed by atoms with Crippen LogP contribution in [0.15, 0.2) is 66.1 Å². The minimum atomic E-state index is -4.93. The van der Waals surface area contributed by atoms with Crippen LogP contribution < -0.4 is 10.1 Å². The molecule has 2 aromatic carbocycles. The van der Waals surface area contributed by atoms with Crippen LogP contribution in [0.2, 0.25) is 0 Å². The number of nitrogens with zero attached hydrogens (tertiary/aromatic N) is 4. The number of nitrogens with one attached hydrogen (secondary N) is 1. The van der Waals surface area contributed by atoms with Crippen LogP contribution in [-0.2, 0) is 17.1 Å². The monoisotopic (exact) mass is 491 g/mol. The number of halogens is 3. The first-order chi connectivity index (χ1) is 16.1. The Balaban J connectivity index is 1.63. The molecule has 34 heavy (non-hydrogen) atoms. The highest BCUT2D eigenvalue weighted by atomic mass is 32.2. The number of ether oxygens (including phenoxy) is 1. The van der Waals surface area contributed by atoms with Gasteiger partial charge in [-0.2, -0.15) is 9.57 Å². The molecular formula is C22H20F3N5O3S. The summed E-state index contributed by atoms with van der Waals surface area (Å²) in [6.07, 6.45) is -2.10. The van der Waals surface area contributed by atoms with Crippen molar-refractivity contribution in [2.45, 2.75) is 23.3 Å². The van der Waals surface area contributed by atoms with E-state index in [9.17, 15) is 26.9 Å². The van der Waals surface area contributed by atoms with Crippen LogP contribution >= 0.6 is 0 Å². The van der Waals surface area contributed by atoms with E-state index in [0.29, 0.717) is 5.69 Å². The number of anilines is 1. The summed E-state index contributed by atoms with van der Waals surface area (Å²) < 4.78 is 70.9. The number of alkyl halides is 3. The van der Waals surface area contributed by atoms with E-state index in [2.05, 4.69) is 15.0 Å². The van der Waals surface area contributed by atoms with Crippen LogP contribution in [0, 0.1) is 11.3 Å². The number of aromatic nitrogens is 2. The van der Waals surface area contributed by atoms with E-state index in [1.54, 1.807) is 17.7 Å². The zero-order valence-corrected chi connectivity index (χ0v) is 18.7. The lowest BCUT2D eigenvalue weighted by molar-refractivity contribution is -0.274. The summed E-state index contributed by atoms with van der Waals surface area (Å²) in [6, 6.07) is 14.3. The Labute approximate surface area is 194 Å². The summed E-state index contributed by atoms with van der Waals surface area (Å²) in [5.74, 6) is -0.859. The zero-order chi connectivity index (χ0) is 24.5. The van der Waals surface area contributed by atoms with Crippen molar-refractivity contribution >= 4 is 15.7 Å². The molecular weight excluding hydrogens is 471 g/mol. The molecule has 0 unspecified atom stereocenters. The van der Waals surface area contributed by atoms with Crippen LogP contribution in [0.4, 0.5) is 18.9 Å². The molecule has 0 amide bonds. The molecule has 1 fully saturated rings. The molecule has 178 valence electrons. The summed E-state index contributed by atoms with van der Waals surface area (Å²) in [4.78, 5) is 3.97. The molecule has 4 rings (SSSR count). The van der Waals surface area contributed by atoms with Crippen molar-refractivity contribution in [1.82, 2.24) is 13.9 Å². The van der Waals surface area contributed by atoms with Gasteiger partial charge in [-0.1, -0.05) is 30.3 Å². The summed E-state index contributed by atoms with van der Waals surface area (Å²) in [5, 5.41) is 12.4. The quantitative estimate of drug-likeness (QED) is 0.567. The summed E-state index contributed by atoms with van der Waals surface area (Å²) >= 11 is 0. The highest BCUT2D eigenvalue weighted by Gasteiger charge is 2.41. The van der Waals surface area contributed by atoms with Crippen molar-refractivity contribution in [2.24, 2.45) is 7.05 Å². The van der Waals surface area contributed by atoms with Gasteiger partial charge in [0.2, 0.25) is 0 Å². The number of imidazole rings is 1. The van der Waals surface area contributed by atoms with Gasteiger partial charge in [-0.25, -0.2) is 13.4 Å². The topological polar surface area (TPSA) is 100 Å².